The second-order valence-corrected chi connectivity index (χ2v) is 3.85. The fourth-order valence-corrected chi connectivity index (χ4v) is 1.10. The molecule has 6 nitrogen and oxygen atoms in total. The summed E-state index contributed by atoms with van der Waals surface area (Å²) in [6.07, 6.45) is -0.105. The van der Waals surface area contributed by atoms with Crippen molar-refractivity contribution in [3.05, 3.63) is 0 Å². The first-order valence-electron chi connectivity index (χ1n) is 5.34. The van der Waals surface area contributed by atoms with Gasteiger partial charge in [0, 0.05) is 6.61 Å². The molecule has 0 saturated heterocycles. The Hall–Kier alpha value is -1.30. The molecule has 6 heteroatoms. The zero-order valence-corrected chi connectivity index (χ0v) is 10.1. The molecule has 4 N–H and O–H groups in total. The fourth-order valence-electron chi connectivity index (χ4n) is 1.10. The lowest BCUT2D eigenvalue weighted by atomic mass is 10.1. The van der Waals surface area contributed by atoms with Crippen molar-refractivity contribution in [1.82, 2.24) is 5.32 Å². The molecule has 0 aromatic heterocycles. The number of hydrogen-bond acceptors (Lipinski definition) is 4. The average Bonchev–Trinajstić information content (AvgIpc) is 2.23. The average molecular weight is 231 g/mol. The van der Waals surface area contributed by atoms with Crippen molar-refractivity contribution in [2.75, 3.05) is 13.2 Å². The normalized spacial score (nSPS) is 13.9. The number of rotatable bonds is 7. The zero-order chi connectivity index (χ0) is 12.6. The Morgan fingerprint density at radius 2 is 2.19 bits per heavy atom. The molecule has 94 valence electrons. The highest BCUT2D eigenvalue weighted by Crippen LogP contribution is 2.02. The first-order chi connectivity index (χ1) is 7.51. The van der Waals surface area contributed by atoms with Crippen LogP contribution in [0.15, 0.2) is 5.16 Å². The summed E-state index contributed by atoms with van der Waals surface area (Å²) >= 11 is 0. The molecule has 0 rings (SSSR count). The topological polar surface area (TPSA) is 96.9 Å². The van der Waals surface area contributed by atoms with Gasteiger partial charge in [-0.25, -0.2) is 0 Å². The van der Waals surface area contributed by atoms with E-state index in [1.54, 1.807) is 0 Å². The minimum Gasteiger partial charge on any atom is -0.409 e. The minimum atomic E-state index is -0.270. The van der Waals surface area contributed by atoms with Crippen LogP contribution in [0, 0.1) is 5.92 Å². The third-order valence-corrected chi connectivity index (χ3v) is 2.12. The number of nitrogens with one attached hydrogen (secondary N) is 1. The Balaban J connectivity index is 4.13. The van der Waals surface area contributed by atoms with Gasteiger partial charge in [-0.2, -0.15) is 0 Å². The van der Waals surface area contributed by atoms with E-state index in [2.05, 4.69) is 10.5 Å². The Labute approximate surface area is 95.8 Å². The minimum absolute atomic E-state index is 0.0565. The van der Waals surface area contributed by atoms with Gasteiger partial charge in [-0.1, -0.05) is 19.0 Å². The molecule has 0 aliphatic heterocycles. The lowest BCUT2D eigenvalue weighted by Gasteiger charge is -2.21. The van der Waals surface area contributed by atoms with Crippen LogP contribution in [0.4, 0.5) is 0 Å². The van der Waals surface area contributed by atoms with Gasteiger partial charge in [0.05, 0.1) is 19.1 Å². The van der Waals surface area contributed by atoms with Gasteiger partial charge >= 0.3 is 0 Å². The van der Waals surface area contributed by atoms with Crippen LogP contribution in [0.3, 0.4) is 0 Å². The molecule has 0 saturated carbocycles. The van der Waals surface area contributed by atoms with Crippen LogP contribution in [-0.2, 0) is 9.53 Å². The van der Waals surface area contributed by atoms with Crippen LogP contribution in [0.2, 0.25) is 0 Å². The molecular weight excluding hydrogens is 210 g/mol. The number of hydrogen-bond donors (Lipinski definition) is 3. The van der Waals surface area contributed by atoms with Crippen molar-refractivity contribution in [3.8, 4) is 0 Å². The van der Waals surface area contributed by atoms with E-state index >= 15 is 0 Å². The summed E-state index contributed by atoms with van der Waals surface area (Å²) in [4.78, 5) is 11.5. The number of carbonyl (C=O) groups excluding carboxylic acids is 1. The van der Waals surface area contributed by atoms with E-state index < -0.39 is 0 Å². The highest BCUT2D eigenvalue weighted by Gasteiger charge is 2.16. The molecule has 1 atom stereocenters. The van der Waals surface area contributed by atoms with E-state index in [9.17, 15) is 4.79 Å². The number of ether oxygens (including phenoxy) is 1. The smallest absolute Gasteiger partial charge is 0.228 e. The summed E-state index contributed by atoms with van der Waals surface area (Å²) in [5, 5.41) is 13.9. The third kappa shape index (κ3) is 6.23. The van der Waals surface area contributed by atoms with Gasteiger partial charge in [-0.05, 0) is 12.8 Å². The maximum absolute atomic E-state index is 11.5. The van der Waals surface area contributed by atoms with Gasteiger partial charge in [-0.15, -0.1) is 0 Å². The molecular formula is C10H21N3O3. The van der Waals surface area contributed by atoms with E-state index in [1.165, 1.54) is 0 Å². The van der Waals surface area contributed by atoms with Crippen LogP contribution in [0.1, 0.15) is 27.2 Å². The summed E-state index contributed by atoms with van der Waals surface area (Å²) in [5.74, 6) is -0.104. The van der Waals surface area contributed by atoms with Crippen LogP contribution >= 0.6 is 0 Å². The van der Waals surface area contributed by atoms with Crippen molar-refractivity contribution in [2.24, 2.45) is 16.8 Å². The summed E-state index contributed by atoms with van der Waals surface area (Å²) in [6, 6.07) is -0.0565. The maximum Gasteiger partial charge on any atom is 0.228 e. The molecule has 0 heterocycles. The number of nitrogens with two attached hydrogens (primary N) is 1. The Bertz CT molecular complexity index is 241. The molecule has 1 amide bonds. The quantitative estimate of drug-likeness (QED) is 0.254. The number of oxime groups is 1. The molecule has 0 bridgehead atoms. The molecule has 0 aliphatic rings. The van der Waals surface area contributed by atoms with Crippen molar-refractivity contribution in [1.29, 1.82) is 0 Å². The highest BCUT2D eigenvalue weighted by atomic mass is 16.5. The number of amides is 1. The van der Waals surface area contributed by atoms with Crippen LogP contribution in [0.5, 0.6) is 0 Å². The van der Waals surface area contributed by atoms with E-state index in [-0.39, 0.29) is 30.1 Å². The van der Waals surface area contributed by atoms with E-state index in [4.69, 9.17) is 15.7 Å². The van der Waals surface area contributed by atoms with Crippen molar-refractivity contribution < 1.29 is 14.7 Å². The molecule has 0 radical (unpaired) electrons. The fraction of sp³-hybridized carbons (Fsp3) is 0.800. The van der Waals surface area contributed by atoms with Gasteiger partial charge in [0.1, 0.15) is 5.84 Å². The maximum atomic E-state index is 11.5. The third-order valence-electron chi connectivity index (χ3n) is 2.12. The SMILES string of the molecule is CCOCC(NC(=O)CC(N)=NO)C(C)C. The second kappa shape index (κ2) is 7.92. The summed E-state index contributed by atoms with van der Waals surface area (Å²) in [6.45, 7) is 6.96. The number of nitrogens with zero attached hydrogens (tertiary/aromatic N) is 1. The Morgan fingerprint density at radius 3 is 2.62 bits per heavy atom. The summed E-state index contributed by atoms with van der Waals surface area (Å²) in [5.41, 5.74) is 5.23. The lowest BCUT2D eigenvalue weighted by Crippen LogP contribution is -2.43. The second-order valence-electron chi connectivity index (χ2n) is 3.85. The van der Waals surface area contributed by atoms with E-state index in [0.29, 0.717) is 13.2 Å². The molecule has 0 spiro atoms. The molecule has 16 heavy (non-hydrogen) atoms. The standard InChI is InChI=1S/C10H21N3O3/c1-4-16-6-8(7(2)3)12-10(14)5-9(11)13-15/h7-8,15H,4-6H2,1-3H3,(H2,11,13)(H,12,14). The van der Waals surface area contributed by atoms with Gasteiger partial charge in [0.2, 0.25) is 5.91 Å². The van der Waals surface area contributed by atoms with Crippen LogP contribution < -0.4 is 11.1 Å². The van der Waals surface area contributed by atoms with Gasteiger partial charge in [0.25, 0.3) is 0 Å². The first kappa shape index (κ1) is 14.7. The monoisotopic (exact) mass is 231 g/mol. The van der Waals surface area contributed by atoms with E-state index in [0.717, 1.165) is 0 Å². The zero-order valence-electron chi connectivity index (χ0n) is 10.1. The number of carbonyl (C=O) groups is 1. The largest absolute Gasteiger partial charge is 0.409 e. The molecule has 0 fully saturated rings. The number of amidine groups is 1. The molecule has 1 unspecified atom stereocenters. The molecule has 0 aromatic rings. The van der Waals surface area contributed by atoms with Crippen molar-refractivity contribution >= 4 is 11.7 Å². The van der Waals surface area contributed by atoms with Gasteiger partial charge in [0.15, 0.2) is 0 Å². The van der Waals surface area contributed by atoms with Crippen molar-refractivity contribution in [3.63, 3.8) is 0 Å². The van der Waals surface area contributed by atoms with Crippen LogP contribution in [-0.4, -0.2) is 36.2 Å². The lowest BCUT2D eigenvalue weighted by molar-refractivity contribution is -0.121. The first-order valence-corrected chi connectivity index (χ1v) is 5.34. The molecule has 0 aliphatic carbocycles. The van der Waals surface area contributed by atoms with Gasteiger partial charge < -0.3 is 21.0 Å². The van der Waals surface area contributed by atoms with Crippen LogP contribution in [0.25, 0.3) is 0 Å². The van der Waals surface area contributed by atoms with Crippen molar-refractivity contribution in [2.45, 2.75) is 33.2 Å². The highest BCUT2D eigenvalue weighted by molar-refractivity contribution is 5.98. The predicted molar refractivity (Wildman–Crippen MR) is 61.3 cm³/mol. The van der Waals surface area contributed by atoms with Gasteiger partial charge in [-0.3, -0.25) is 4.79 Å². The Kier molecular flexibility index (Phi) is 7.28. The van der Waals surface area contributed by atoms with E-state index in [1.807, 2.05) is 20.8 Å². The Morgan fingerprint density at radius 1 is 1.56 bits per heavy atom. The predicted octanol–water partition coefficient (Wildman–Crippen LogP) is 0.300. The summed E-state index contributed by atoms with van der Waals surface area (Å²) < 4.78 is 5.26. The molecule has 0 aromatic carbocycles. The summed E-state index contributed by atoms with van der Waals surface area (Å²) in [7, 11) is 0.